The summed E-state index contributed by atoms with van der Waals surface area (Å²) >= 11 is 4.64. The summed E-state index contributed by atoms with van der Waals surface area (Å²) in [6, 6.07) is 7.66. The van der Waals surface area contributed by atoms with Gasteiger partial charge in [0.25, 0.3) is 10.1 Å². The Labute approximate surface area is 118 Å². The predicted octanol–water partition coefficient (Wildman–Crippen LogP) is 3.05. The van der Waals surface area contributed by atoms with E-state index >= 15 is 0 Å². The van der Waals surface area contributed by atoms with E-state index in [4.69, 9.17) is 4.18 Å². The highest BCUT2D eigenvalue weighted by atomic mass is 79.9. The van der Waals surface area contributed by atoms with Crippen LogP contribution in [0.15, 0.2) is 34.1 Å². The van der Waals surface area contributed by atoms with Gasteiger partial charge >= 0.3 is 0 Å². The van der Waals surface area contributed by atoms with E-state index in [1.807, 2.05) is 24.3 Å². The smallest absolute Gasteiger partial charge is 0.264 e. The van der Waals surface area contributed by atoms with Gasteiger partial charge in [0.2, 0.25) is 0 Å². The van der Waals surface area contributed by atoms with Crippen molar-refractivity contribution in [3.05, 3.63) is 39.7 Å². The first-order valence-electron chi connectivity index (χ1n) is 4.99. The average molecular weight is 348 g/mol. The number of rotatable bonds is 4. The van der Waals surface area contributed by atoms with E-state index in [-0.39, 0.29) is 6.61 Å². The summed E-state index contributed by atoms with van der Waals surface area (Å²) in [6.45, 7) is 0.0146. The quantitative estimate of drug-likeness (QED) is 0.797. The molecular weight excluding hydrogens is 338 g/mol. The standard InChI is InChI=1S/C11H10BrNO3S2/c1-18(14,15)16-6-9-7-17-13-11(9)8-2-4-10(12)5-3-8/h2-5,7H,6H2,1H3. The zero-order chi connectivity index (χ0) is 13.2. The molecule has 0 atom stereocenters. The van der Waals surface area contributed by atoms with Crippen LogP contribution in [-0.2, 0) is 20.9 Å². The van der Waals surface area contributed by atoms with Gasteiger partial charge in [0.1, 0.15) is 0 Å². The van der Waals surface area contributed by atoms with E-state index in [2.05, 4.69) is 20.3 Å². The highest BCUT2D eigenvalue weighted by Gasteiger charge is 2.11. The van der Waals surface area contributed by atoms with Crippen LogP contribution in [-0.4, -0.2) is 19.0 Å². The van der Waals surface area contributed by atoms with Crippen LogP contribution in [0.3, 0.4) is 0 Å². The van der Waals surface area contributed by atoms with Crippen molar-refractivity contribution in [2.75, 3.05) is 6.26 Å². The van der Waals surface area contributed by atoms with Crippen molar-refractivity contribution in [1.29, 1.82) is 0 Å². The lowest BCUT2D eigenvalue weighted by atomic mass is 10.1. The molecule has 0 aliphatic rings. The van der Waals surface area contributed by atoms with E-state index < -0.39 is 10.1 Å². The summed E-state index contributed by atoms with van der Waals surface area (Å²) < 4.78 is 32.0. The van der Waals surface area contributed by atoms with Gasteiger partial charge in [-0.15, -0.1) is 0 Å². The molecule has 0 spiro atoms. The molecule has 0 saturated carbocycles. The zero-order valence-corrected chi connectivity index (χ0v) is 12.7. The largest absolute Gasteiger partial charge is 0.265 e. The van der Waals surface area contributed by atoms with Crippen molar-refractivity contribution in [2.24, 2.45) is 0 Å². The Hall–Kier alpha value is -0.760. The summed E-state index contributed by atoms with van der Waals surface area (Å²) in [5.74, 6) is 0. The first kappa shape index (κ1) is 13.7. The maximum atomic E-state index is 11.0. The number of benzene rings is 1. The first-order valence-corrected chi connectivity index (χ1v) is 8.44. The maximum absolute atomic E-state index is 11.0. The second-order valence-electron chi connectivity index (χ2n) is 3.66. The van der Waals surface area contributed by atoms with Crippen molar-refractivity contribution in [3.63, 3.8) is 0 Å². The van der Waals surface area contributed by atoms with Gasteiger partial charge < -0.3 is 0 Å². The zero-order valence-electron chi connectivity index (χ0n) is 9.46. The fraction of sp³-hybridized carbons (Fsp3) is 0.182. The minimum absolute atomic E-state index is 0.0146. The summed E-state index contributed by atoms with van der Waals surface area (Å²) in [4.78, 5) is 0. The molecule has 0 amide bonds. The Balaban J connectivity index is 2.25. The Morgan fingerprint density at radius 3 is 2.61 bits per heavy atom. The molecule has 7 heteroatoms. The van der Waals surface area contributed by atoms with Gasteiger partial charge in [-0.2, -0.15) is 12.8 Å². The van der Waals surface area contributed by atoms with Gasteiger partial charge in [0.15, 0.2) is 0 Å². The SMILES string of the molecule is CS(=O)(=O)OCc1csnc1-c1ccc(Br)cc1. The van der Waals surface area contributed by atoms with Gasteiger partial charge in [-0.05, 0) is 23.7 Å². The molecule has 1 aromatic heterocycles. The molecular formula is C11H10BrNO3S2. The van der Waals surface area contributed by atoms with Gasteiger partial charge in [0.05, 0.1) is 18.6 Å². The maximum Gasteiger partial charge on any atom is 0.264 e. The van der Waals surface area contributed by atoms with Crippen molar-refractivity contribution in [3.8, 4) is 11.3 Å². The van der Waals surface area contributed by atoms with Crippen LogP contribution >= 0.6 is 27.5 Å². The van der Waals surface area contributed by atoms with E-state index in [0.717, 1.165) is 27.5 Å². The molecule has 2 aromatic rings. The van der Waals surface area contributed by atoms with Crippen LogP contribution in [0.1, 0.15) is 5.56 Å². The van der Waals surface area contributed by atoms with Crippen molar-refractivity contribution < 1.29 is 12.6 Å². The summed E-state index contributed by atoms with van der Waals surface area (Å²) in [5, 5.41) is 1.79. The number of hydrogen-bond acceptors (Lipinski definition) is 5. The molecule has 2 rings (SSSR count). The number of halogens is 1. The summed E-state index contributed by atoms with van der Waals surface area (Å²) in [6.07, 6.45) is 1.03. The van der Waals surface area contributed by atoms with Crippen LogP contribution in [0.5, 0.6) is 0 Å². The molecule has 1 heterocycles. The Morgan fingerprint density at radius 2 is 2.00 bits per heavy atom. The second kappa shape index (κ2) is 5.48. The van der Waals surface area contributed by atoms with Crippen molar-refractivity contribution >= 4 is 37.6 Å². The normalized spacial score (nSPS) is 11.7. The fourth-order valence-corrected chi connectivity index (χ4v) is 2.67. The highest BCUT2D eigenvalue weighted by molar-refractivity contribution is 9.10. The molecule has 0 aliphatic carbocycles. The lowest BCUT2D eigenvalue weighted by Gasteiger charge is -2.03. The third kappa shape index (κ3) is 3.61. The van der Waals surface area contributed by atoms with Crippen LogP contribution in [0, 0.1) is 0 Å². The van der Waals surface area contributed by atoms with Gasteiger partial charge in [-0.25, -0.2) is 0 Å². The lowest BCUT2D eigenvalue weighted by molar-refractivity contribution is 0.312. The van der Waals surface area contributed by atoms with E-state index in [1.165, 1.54) is 11.5 Å². The van der Waals surface area contributed by atoms with Gasteiger partial charge in [0, 0.05) is 21.0 Å². The third-order valence-electron chi connectivity index (χ3n) is 2.19. The molecule has 4 nitrogen and oxygen atoms in total. The van der Waals surface area contributed by atoms with Gasteiger partial charge in [-0.3, -0.25) is 4.18 Å². The topological polar surface area (TPSA) is 56.3 Å². The van der Waals surface area contributed by atoms with Crippen molar-refractivity contribution in [2.45, 2.75) is 6.61 Å². The molecule has 0 radical (unpaired) electrons. The van der Waals surface area contributed by atoms with Crippen LogP contribution in [0.25, 0.3) is 11.3 Å². The third-order valence-corrected chi connectivity index (χ3v) is 3.94. The molecule has 1 aromatic carbocycles. The molecule has 18 heavy (non-hydrogen) atoms. The van der Waals surface area contributed by atoms with Crippen LogP contribution < -0.4 is 0 Å². The highest BCUT2D eigenvalue weighted by Crippen LogP contribution is 2.26. The molecule has 96 valence electrons. The molecule has 0 N–H and O–H groups in total. The van der Waals surface area contributed by atoms with Crippen molar-refractivity contribution in [1.82, 2.24) is 4.37 Å². The van der Waals surface area contributed by atoms with E-state index in [0.29, 0.717) is 0 Å². The molecule has 0 bridgehead atoms. The monoisotopic (exact) mass is 347 g/mol. The molecule has 0 aliphatic heterocycles. The molecule has 0 fully saturated rings. The lowest BCUT2D eigenvalue weighted by Crippen LogP contribution is -2.02. The number of nitrogens with zero attached hydrogens (tertiary/aromatic N) is 1. The van der Waals surface area contributed by atoms with E-state index in [1.54, 1.807) is 5.38 Å². The van der Waals surface area contributed by atoms with Crippen LogP contribution in [0.4, 0.5) is 0 Å². The molecule has 0 saturated heterocycles. The predicted molar refractivity (Wildman–Crippen MR) is 74.9 cm³/mol. The summed E-state index contributed by atoms with van der Waals surface area (Å²) in [5.41, 5.74) is 2.47. The molecule has 0 unspecified atom stereocenters. The Kier molecular flexibility index (Phi) is 4.16. The second-order valence-corrected chi connectivity index (χ2v) is 6.85. The number of aromatic nitrogens is 1. The average Bonchev–Trinajstić information content (AvgIpc) is 2.75. The first-order chi connectivity index (χ1) is 8.46. The van der Waals surface area contributed by atoms with Gasteiger partial charge in [-0.1, -0.05) is 28.1 Å². The summed E-state index contributed by atoms with van der Waals surface area (Å²) in [7, 11) is -3.44. The minimum atomic E-state index is -3.44. The Morgan fingerprint density at radius 1 is 1.33 bits per heavy atom. The van der Waals surface area contributed by atoms with Crippen LogP contribution in [0.2, 0.25) is 0 Å². The minimum Gasteiger partial charge on any atom is -0.265 e. The fourth-order valence-electron chi connectivity index (χ4n) is 1.38. The number of hydrogen-bond donors (Lipinski definition) is 0. The Bertz CT molecular complexity index is 635. The van der Waals surface area contributed by atoms with E-state index in [9.17, 15) is 8.42 Å².